The second kappa shape index (κ2) is 4.05. The molecule has 1 aliphatic rings. The van der Waals surface area contributed by atoms with E-state index < -0.39 is 0 Å². The van der Waals surface area contributed by atoms with Gasteiger partial charge in [-0.25, -0.2) is 0 Å². The Kier molecular flexibility index (Phi) is 2.76. The minimum atomic E-state index is 0.210. The van der Waals surface area contributed by atoms with Crippen molar-refractivity contribution in [3.8, 4) is 0 Å². The van der Waals surface area contributed by atoms with E-state index in [4.69, 9.17) is 0 Å². The molecule has 15 heavy (non-hydrogen) atoms. The molecule has 2 heteroatoms. The molecule has 2 nitrogen and oxygen atoms in total. The Bertz CT molecular complexity index is 384. The summed E-state index contributed by atoms with van der Waals surface area (Å²) in [4.78, 5) is 14.0. The molecule has 1 aromatic carbocycles. The first-order valence-corrected chi connectivity index (χ1v) is 5.61. The van der Waals surface area contributed by atoms with E-state index in [1.165, 1.54) is 11.1 Å². The van der Waals surface area contributed by atoms with E-state index in [0.29, 0.717) is 0 Å². The van der Waals surface area contributed by atoms with Crippen LogP contribution in [0.5, 0.6) is 0 Å². The van der Waals surface area contributed by atoms with Gasteiger partial charge in [-0.15, -0.1) is 0 Å². The van der Waals surface area contributed by atoms with Crippen molar-refractivity contribution in [3.05, 3.63) is 34.9 Å². The van der Waals surface area contributed by atoms with Crippen molar-refractivity contribution in [1.82, 2.24) is 4.90 Å². The SMILES string of the molecule is CCCN1CCc2ccc(C)cc2C1=O. The highest BCUT2D eigenvalue weighted by Gasteiger charge is 2.23. The summed E-state index contributed by atoms with van der Waals surface area (Å²) in [6.45, 7) is 5.90. The molecule has 1 amide bonds. The van der Waals surface area contributed by atoms with Crippen molar-refractivity contribution in [2.75, 3.05) is 13.1 Å². The lowest BCUT2D eigenvalue weighted by atomic mass is 9.97. The lowest BCUT2D eigenvalue weighted by molar-refractivity contribution is 0.0740. The van der Waals surface area contributed by atoms with Crippen LogP contribution >= 0.6 is 0 Å². The quantitative estimate of drug-likeness (QED) is 0.722. The average molecular weight is 203 g/mol. The first kappa shape index (κ1) is 10.2. The highest BCUT2D eigenvalue weighted by atomic mass is 16.2. The Morgan fingerprint density at radius 3 is 2.93 bits per heavy atom. The minimum Gasteiger partial charge on any atom is -0.338 e. The van der Waals surface area contributed by atoms with Gasteiger partial charge in [-0.1, -0.05) is 24.6 Å². The van der Waals surface area contributed by atoms with Gasteiger partial charge in [0.15, 0.2) is 0 Å². The van der Waals surface area contributed by atoms with Crippen molar-refractivity contribution in [3.63, 3.8) is 0 Å². The molecular weight excluding hydrogens is 186 g/mol. The van der Waals surface area contributed by atoms with Crippen LogP contribution in [0.15, 0.2) is 18.2 Å². The Morgan fingerprint density at radius 2 is 2.20 bits per heavy atom. The van der Waals surface area contributed by atoms with Crippen LogP contribution in [0.3, 0.4) is 0 Å². The summed E-state index contributed by atoms with van der Waals surface area (Å²) in [6, 6.07) is 6.19. The molecule has 0 saturated carbocycles. The fourth-order valence-corrected chi connectivity index (χ4v) is 2.12. The van der Waals surface area contributed by atoms with Crippen LogP contribution in [0.1, 0.15) is 34.8 Å². The van der Waals surface area contributed by atoms with E-state index >= 15 is 0 Å². The fraction of sp³-hybridized carbons (Fsp3) is 0.462. The number of rotatable bonds is 2. The summed E-state index contributed by atoms with van der Waals surface area (Å²) in [7, 11) is 0. The van der Waals surface area contributed by atoms with Gasteiger partial charge < -0.3 is 4.90 Å². The highest BCUT2D eigenvalue weighted by Crippen LogP contribution is 2.20. The van der Waals surface area contributed by atoms with Crippen molar-refractivity contribution in [1.29, 1.82) is 0 Å². The third-order valence-electron chi connectivity index (χ3n) is 2.93. The molecule has 2 rings (SSSR count). The smallest absolute Gasteiger partial charge is 0.254 e. The number of carbonyl (C=O) groups excluding carboxylic acids is 1. The molecule has 0 saturated heterocycles. The minimum absolute atomic E-state index is 0.210. The molecule has 0 fully saturated rings. The van der Waals surface area contributed by atoms with Gasteiger partial charge in [-0.2, -0.15) is 0 Å². The van der Waals surface area contributed by atoms with Crippen LogP contribution in [-0.4, -0.2) is 23.9 Å². The van der Waals surface area contributed by atoms with Crippen LogP contribution in [0, 0.1) is 6.92 Å². The molecule has 80 valence electrons. The van der Waals surface area contributed by atoms with Gasteiger partial charge in [0.1, 0.15) is 0 Å². The van der Waals surface area contributed by atoms with Crippen LogP contribution in [0.25, 0.3) is 0 Å². The van der Waals surface area contributed by atoms with E-state index in [1.54, 1.807) is 0 Å². The van der Waals surface area contributed by atoms with Gasteiger partial charge in [-0.3, -0.25) is 4.79 Å². The summed E-state index contributed by atoms with van der Waals surface area (Å²) in [5, 5.41) is 0. The average Bonchev–Trinajstić information content (AvgIpc) is 2.23. The van der Waals surface area contributed by atoms with E-state index in [-0.39, 0.29) is 5.91 Å². The largest absolute Gasteiger partial charge is 0.338 e. The van der Waals surface area contributed by atoms with Crippen LogP contribution < -0.4 is 0 Å². The Hall–Kier alpha value is -1.31. The summed E-state index contributed by atoms with van der Waals surface area (Å²) in [5.41, 5.74) is 3.29. The van der Waals surface area contributed by atoms with Gasteiger partial charge in [0.05, 0.1) is 0 Å². The first-order valence-electron chi connectivity index (χ1n) is 5.61. The van der Waals surface area contributed by atoms with E-state index in [9.17, 15) is 4.79 Å². The standard InChI is InChI=1S/C13H17NO/c1-3-7-14-8-6-11-5-4-10(2)9-12(11)13(14)15/h4-5,9H,3,6-8H2,1-2H3. The van der Waals surface area contributed by atoms with Crippen LogP contribution in [-0.2, 0) is 6.42 Å². The van der Waals surface area contributed by atoms with Gasteiger partial charge in [0.25, 0.3) is 5.91 Å². The molecule has 0 spiro atoms. The predicted octanol–water partition coefficient (Wildman–Crippen LogP) is 2.40. The van der Waals surface area contributed by atoms with Crippen LogP contribution in [0.2, 0.25) is 0 Å². The number of nitrogens with zero attached hydrogens (tertiary/aromatic N) is 1. The molecule has 0 aromatic heterocycles. The van der Waals surface area contributed by atoms with Gasteiger partial charge >= 0.3 is 0 Å². The molecule has 0 N–H and O–H groups in total. The first-order chi connectivity index (χ1) is 7.22. The van der Waals surface area contributed by atoms with Crippen molar-refractivity contribution in [2.45, 2.75) is 26.7 Å². The number of hydrogen-bond acceptors (Lipinski definition) is 1. The van der Waals surface area contributed by atoms with Crippen molar-refractivity contribution in [2.24, 2.45) is 0 Å². The number of benzene rings is 1. The molecule has 1 aliphatic heterocycles. The highest BCUT2D eigenvalue weighted by molar-refractivity contribution is 5.96. The molecule has 1 heterocycles. The molecule has 1 aromatic rings. The predicted molar refractivity (Wildman–Crippen MR) is 61.1 cm³/mol. The van der Waals surface area contributed by atoms with Gasteiger partial charge in [-0.05, 0) is 31.4 Å². The second-order valence-electron chi connectivity index (χ2n) is 4.20. The fourth-order valence-electron chi connectivity index (χ4n) is 2.12. The molecule has 0 radical (unpaired) electrons. The van der Waals surface area contributed by atoms with Crippen LogP contribution in [0.4, 0.5) is 0 Å². The van der Waals surface area contributed by atoms with Crippen molar-refractivity contribution >= 4 is 5.91 Å². The maximum absolute atomic E-state index is 12.1. The number of hydrogen-bond donors (Lipinski definition) is 0. The zero-order chi connectivity index (χ0) is 10.8. The number of fused-ring (bicyclic) bond motifs is 1. The Balaban J connectivity index is 2.32. The molecule has 0 atom stereocenters. The van der Waals surface area contributed by atoms with Gasteiger partial charge in [0, 0.05) is 18.7 Å². The van der Waals surface area contributed by atoms with Crippen molar-refractivity contribution < 1.29 is 4.79 Å². The van der Waals surface area contributed by atoms with Gasteiger partial charge in [0.2, 0.25) is 0 Å². The third-order valence-corrected chi connectivity index (χ3v) is 2.93. The summed E-state index contributed by atoms with van der Waals surface area (Å²) < 4.78 is 0. The topological polar surface area (TPSA) is 20.3 Å². The summed E-state index contributed by atoms with van der Waals surface area (Å²) in [6.07, 6.45) is 2.04. The third kappa shape index (κ3) is 1.89. The normalized spacial score (nSPS) is 15.3. The summed E-state index contributed by atoms with van der Waals surface area (Å²) in [5.74, 6) is 0.210. The molecule has 0 aliphatic carbocycles. The van der Waals surface area contributed by atoms with E-state index in [0.717, 1.165) is 31.5 Å². The monoisotopic (exact) mass is 203 g/mol. The lowest BCUT2D eigenvalue weighted by Gasteiger charge is -2.28. The lowest BCUT2D eigenvalue weighted by Crippen LogP contribution is -2.38. The zero-order valence-corrected chi connectivity index (χ0v) is 9.42. The van der Waals surface area contributed by atoms with E-state index in [2.05, 4.69) is 19.1 Å². The molecule has 0 bridgehead atoms. The number of amides is 1. The maximum atomic E-state index is 12.1. The van der Waals surface area contributed by atoms with E-state index in [1.807, 2.05) is 17.9 Å². The Morgan fingerprint density at radius 1 is 1.40 bits per heavy atom. The Labute approximate surface area is 90.9 Å². The maximum Gasteiger partial charge on any atom is 0.254 e. The summed E-state index contributed by atoms with van der Waals surface area (Å²) >= 11 is 0. The number of aryl methyl sites for hydroxylation is 1. The molecular formula is C13H17NO. The zero-order valence-electron chi connectivity index (χ0n) is 9.42. The second-order valence-corrected chi connectivity index (χ2v) is 4.20. The number of carbonyl (C=O) groups is 1. The molecule has 0 unspecified atom stereocenters.